The number of rotatable bonds is 3. The van der Waals surface area contributed by atoms with Crippen LogP contribution in [-0.4, -0.2) is 23.0 Å². The zero-order valence-electron chi connectivity index (χ0n) is 6.36. The van der Waals surface area contributed by atoms with Crippen LogP contribution in [0.15, 0.2) is 10.5 Å². The van der Waals surface area contributed by atoms with Crippen LogP contribution in [0.3, 0.4) is 0 Å². The van der Waals surface area contributed by atoms with Crippen LogP contribution in [0.25, 0.3) is 0 Å². The molecule has 0 aromatic carbocycles. The van der Waals surface area contributed by atoms with Gasteiger partial charge < -0.3 is 10.6 Å². The molecule has 0 bridgehead atoms. The van der Waals surface area contributed by atoms with E-state index in [1.54, 1.807) is 5.38 Å². The van der Waals surface area contributed by atoms with Gasteiger partial charge >= 0.3 is 5.97 Å². The fraction of sp³-hybridized carbons (Fsp3) is 0.167. The highest BCUT2D eigenvalue weighted by atomic mass is 35.5. The highest BCUT2D eigenvalue weighted by Crippen LogP contribution is 2.08. The van der Waals surface area contributed by atoms with Gasteiger partial charge in [0.15, 0.2) is 11.3 Å². The van der Waals surface area contributed by atoms with E-state index in [2.05, 4.69) is 21.2 Å². The Morgan fingerprint density at radius 2 is 2.69 bits per heavy atom. The Labute approximate surface area is 83.2 Å². The highest BCUT2D eigenvalue weighted by Gasteiger charge is 1.98. The van der Waals surface area contributed by atoms with Gasteiger partial charge in [-0.15, -0.1) is 22.9 Å². The first-order chi connectivity index (χ1) is 6.22. The van der Waals surface area contributed by atoms with Gasteiger partial charge in [0.1, 0.15) is 11.6 Å². The maximum atomic E-state index is 10.5. The van der Waals surface area contributed by atoms with Crippen LogP contribution in [0.1, 0.15) is 5.69 Å². The largest absolute Gasteiger partial charge is 0.375 e. The Balaban J connectivity index is 2.45. The molecule has 0 unspecified atom stereocenters. The first kappa shape index (κ1) is 9.94. The maximum absolute atomic E-state index is 10.5. The van der Waals surface area contributed by atoms with E-state index in [4.69, 9.17) is 17.3 Å². The van der Waals surface area contributed by atoms with Crippen LogP contribution < -0.4 is 5.73 Å². The summed E-state index contributed by atoms with van der Waals surface area (Å²) in [4.78, 5) is 18.5. The second kappa shape index (κ2) is 4.78. The standard InChI is InChI=1S/C6H5ClN3O2S/c7-1-5(11)12-9-2-4-3-13-6(8)10-4/h3H,1H2,(H2,8,10). The van der Waals surface area contributed by atoms with Crippen molar-refractivity contribution < 1.29 is 9.63 Å². The number of alkyl halides is 1. The van der Waals surface area contributed by atoms with Gasteiger partial charge in [-0.25, -0.2) is 9.78 Å². The van der Waals surface area contributed by atoms with Crippen molar-refractivity contribution in [3.8, 4) is 0 Å². The highest BCUT2D eigenvalue weighted by molar-refractivity contribution is 7.13. The second-order valence-electron chi connectivity index (χ2n) is 1.87. The number of hydrogen-bond donors (Lipinski definition) is 1. The number of nitrogens with zero attached hydrogens (tertiary/aromatic N) is 2. The van der Waals surface area contributed by atoms with E-state index in [1.807, 2.05) is 0 Å². The zero-order chi connectivity index (χ0) is 9.68. The molecule has 0 fully saturated rings. The number of nitrogen functional groups attached to an aromatic ring is 1. The van der Waals surface area contributed by atoms with Crippen LogP contribution >= 0.6 is 22.9 Å². The molecule has 0 aliphatic heterocycles. The Morgan fingerprint density at radius 3 is 3.23 bits per heavy atom. The van der Waals surface area contributed by atoms with E-state index in [-0.39, 0.29) is 5.88 Å². The quantitative estimate of drug-likeness (QED) is 0.351. The van der Waals surface area contributed by atoms with Gasteiger partial charge in [0, 0.05) is 5.38 Å². The van der Waals surface area contributed by atoms with Crippen molar-refractivity contribution in [1.82, 2.24) is 4.98 Å². The molecular formula is C6H5ClN3O2S. The van der Waals surface area contributed by atoms with Gasteiger partial charge in [-0.2, -0.15) is 0 Å². The average molecular weight is 219 g/mol. The SMILES string of the molecule is Nc1nc(/[C]=N/OC(=O)CCl)cs1. The van der Waals surface area contributed by atoms with E-state index in [0.717, 1.165) is 0 Å². The minimum absolute atomic E-state index is 0.246. The van der Waals surface area contributed by atoms with E-state index in [0.29, 0.717) is 10.8 Å². The summed E-state index contributed by atoms with van der Waals surface area (Å²) >= 11 is 6.39. The summed E-state index contributed by atoms with van der Waals surface area (Å²) in [7, 11) is 0. The van der Waals surface area contributed by atoms with Crippen molar-refractivity contribution in [2.45, 2.75) is 0 Å². The number of thiazole rings is 1. The number of carbonyl (C=O) groups excluding carboxylic acids is 1. The van der Waals surface area contributed by atoms with Gasteiger partial charge in [0.2, 0.25) is 0 Å². The molecule has 0 aliphatic carbocycles. The third-order valence-electron chi connectivity index (χ3n) is 0.939. The van der Waals surface area contributed by atoms with E-state index < -0.39 is 5.97 Å². The molecule has 1 aromatic rings. The first-order valence-corrected chi connectivity index (χ1v) is 4.56. The predicted molar refractivity (Wildman–Crippen MR) is 49.9 cm³/mol. The molecule has 0 atom stereocenters. The molecule has 13 heavy (non-hydrogen) atoms. The molecule has 69 valence electrons. The van der Waals surface area contributed by atoms with Crippen molar-refractivity contribution in [3.63, 3.8) is 0 Å². The lowest BCUT2D eigenvalue weighted by molar-refractivity contribution is -0.140. The fourth-order valence-corrected chi connectivity index (χ4v) is 1.02. The van der Waals surface area contributed by atoms with E-state index in [1.165, 1.54) is 11.3 Å². The fourth-order valence-electron chi connectivity index (χ4n) is 0.484. The second-order valence-corrected chi connectivity index (χ2v) is 3.03. The molecule has 2 N–H and O–H groups in total. The molecule has 1 heterocycles. The van der Waals surface area contributed by atoms with Crippen LogP contribution in [-0.2, 0) is 9.63 Å². The van der Waals surface area contributed by atoms with Gasteiger partial charge in [0.05, 0.1) is 0 Å². The summed E-state index contributed by atoms with van der Waals surface area (Å²) in [6, 6.07) is 0. The zero-order valence-corrected chi connectivity index (χ0v) is 7.93. The number of aromatic nitrogens is 1. The lowest BCUT2D eigenvalue weighted by atomic mass is 10.6. The monoisotopic (exact) mass is 218 g/mol. The normalized spacial score (nSPS) is 10.5. The van der Waals surface area contributed by atoms with Crippen molar-refractivity contribution >= 4 is 40.3 Å². The summed E-state index contributed by atoms with van der Waals surface area (Å²) < 4.78 is 0. The molecule has 1 radical (unpaired) electrons. The summed E-state index contributed by atoms with van der Waals surface area (Å²) in [5, 5.41) is 5.27. The van der Waals surface area contributed by atoms with E-state index >= 15 is 0 Å². The first-order valence-electron chi connectivity index (χ1n) is 3.15. The summed E-state index contributed by atoms with van der Waals surface area (Å²) in [6.07, 6.45) is 2.37. The molecule has 0 amide bonds. The Bertz CT molecular complexity index is 325. The maximum Gasteiger partial charge on any atom is 0.349 e. The number of anilines is 1. The molecular weight excluding hydrogens is 214 g/mol. The Kier molecular flexibility index (Phi) is 3.66. The van der Waals surface area contributed by atoms with Crippen LogP contribution in [0.4, 0.5) is 5.13 Å². The smallest absolute Gasteiger partial charge is 0.349 e. The van der Waals surface area contributed by atoms with Crippen LogP contribution in [0, 0.1) is 0 Å². The average Bonchev–Trinajstić information content (AvgIpc) is 2.51. The number of nitrogens with two attached hydrogens (primary N) is 1. The summed E-state index contributed by atoms with van der Waals surface area (Å²) in [5.41, 5.74) is 5.75. The van der Waals surface area contributed by atoms with Crippen molar-refractivity contribution in [3.05, 3.63) is 11.1 Å². The number of halogens is 1. The van der Waals surface area contributed by atoms with Crippen molar-refractivity contribution in [1.29, 1.82) is 0 Å². The number of carbonyl (C=O) groups is 1. The van der Waals surface area contributed by atoms with Crippen LogP contribution in [0.5, 0.6) is 0 Å². The Hall–Kier alpha value is -1.14. The number of hydrogen-bond acceptors (Lipinski definition) is 6. The molecule has 0 saturated carbocycles. The topological polar surface area (TPSA) is 77.6 Å². The van der Waals surface area contributed by atoms with E-state index in [9.17, 15) is 4.79 Å². The van der Waals surface area contributed by atoms with Crippen LogP contribution in [0.2, 0.25) is 0 Å². The van der Waals surface area contributed by atoms with Gasteiger partial charge in [-0.05, 0) is 0 Å². The summed E-state index contributed by atoms with van der Waals surface area (Å²) in [5.74, 6) is -0.887. The van der Waals surface area contributed by atoms with Crippen molar-refractivity contribution in [2.24, 2.45) is 5.16 Å². The Morgan fingerprint density at radius 1 is 1.92 bits per heavy atom. The molecule has 5 nitrogen and oxygen atoms in total. The molecule has 0 aliphatic rings. The lowest BCUT2D eigenvalue weighted by Gasteiger charge is -1.88. The van der Waals surface area contributed by atoms with Crippen molar-refractivity contribution in [2.75, 3.05) is 11.6 Å². The minimum atomic E-state index is -0.641. The third kappa shape index (κ3) is 3.39. The van der Waals surface area contributed by atoms with Gasteiger partial charge in [-0.3, -0.25) is 0 Å². The lowest BCUT2D eigenvalue weighted by Crippen LogP contribution is -2.00. The third-order valence-corrected chi connectivity index (χ3v) is 1.83. The molecule has 7 heteroatoms. The molecule has 1 aromatic heterocycles. The molecule has 0 spiro atoms. The van der Waals surface area contributed by atoms with Gasteiger partial charge in [-0.1, -0.05) is 5.16 Å². The molecule has 0 saturated heterocycles. The van der Waals surface area contributed by atoms with Gasteiger partial charge in [0.25, 0.3) is 0 Å². The predicted octanol–water partition coefficient (Wildman–Crippen LogP) is 0.718. The molecule has 1 rings (SSSR count). The summed E-state index contributed by atoms with van der Waals surface area (Å²) in [6.45, 7) is 0. The minimum Gasteiger partial charge on any atom is -0.375 e.